The molecule has 3 amide bonds. The minimum absolute atomic E-state index is 0.0266. The maximum Gasteiger partial charge on any atom is 0.249 e. The number of aliphatic hydroxyl groups excluding tert-OH is 1. The van der Waals surface area contributed by atoms with Crippen molar-refractivity contribution in [1.29, 1.82) is 0 Å². The van der Waals surface area contributed by atoms with Gasteiger partial charge in [-0.05, 0) is 57.8 Å². The van der Waals surface area contributed by atoms with Gasteiger partial charge in [0, 0.05) is 38.3 Å². The molecule has 3 aliphatic heterocycles. The van der Waals surface area contributed by atoms with Gasteiger partial charge >= 0.3 is 0 Å². The van der Waals surface area contributed by atoms with Gasteiger partial charge < -0.3 is 24.5 Å². The molecule has 3 heterocycles. The zero-order valence-corrected chi connectivity index (χ0v) is 26.2. The summed E-state index contributed by atoms with van der Waals surface area (Å²) >= 11 is 0. The molecule has 1 N–H and O–H groups in total. The minimum Gasteiger partial charge on any atom is -0.396 e. The normalized spacial score (nSPS) is 31.3. The lowest BCUT2D eigenvalue weighted by Gasteiger charge is -2.45. The van der Waals surface area contributed by atoms with E-state index < -0.39 is 34.6 Å². The van der Waals surface area contributed by atoms with Crippen LogP contribution in [-0.2, 0) is 19.1 Å². The van der Waals surface area contributed by atoms with Crippen molar-refractivity contribution in [1.82, 2.24) is 14.7 Å². The Morgan fingerprint density at radius 3 is 2.30 bits per heavy atom. The smallest absolute Gasteiger partial charge is 0.249 e. The first-order valence-electron chi connectivity index (χ1n) is 15.0. The topological polar surface area (TPSA) is 90.4 Å². The number of hydrogen-bond donors (Lipinski definition) is 1. The number of rotatable bonds is 13. The van der Waals surface area contributed by atoms with E-state index in [0.29, 0.717) is 32.5 Å². The monoisotopic (exact) mass is 559 g/mol. The van der Waals surface area contributed by atoms with Crippen LogP contribution in [0.4, 0.5) is 0 Å². The SMILES string of the molecule is C=CCN(CCC)C(=O)[C@H]1[C@H]2C(=O)N(CCCO)C(C(=O)N(CC=C)C(C)(C)CC(C)(C)C)C23CC(C)[C@]1(C)O3. The van der Waals surface area contributed by atoms with Gasteiger partial charge in [0.25, 0.3) is 0 Å². The van der Waals surface area contributed by atoms with Gasteiger partial charge in [0.2, 0.25) is 17.7 Å². The highest BCUT2D eigenvalue weighted by Crippen LogP contribution is 2.65. The number of ether oxygens (including phenoxy) is 1. The molecule has 2 bridgehead atoms. The molecule has 3 fully saturated rings. The highest BCUT2D eigenvalue weighted by Gasteiger charge is 2.80. The van der Waals surface area contributed by atoms with E-state index in [9.17, 15) is 19.5 Å². The van der Waals surface area contributed by atoms with Crippen LogP contribution in [-0.4, -0.2) is 93.1 Å². The molecule has 0 aromatic rings. The Labute approximate surface area is 241 Å². The predicted octanol–water partition coefficient (Wildman–Crippen LogP) is 4.03. The Kier molecular flexibility index (Phi) is 9.37. The Morgan fingerprint density at radius 1 is 1.15 bits per heavy atom. The lowest BCUT2D eigenvalue weighted by atomic mass is 9.62. The van der Waals surface area contributed by atoms with Crippen LogP contribution < -0.4 is 0 Å². The maximum absolute atomic E-state index is 14.8. The summed E-state index contributed by atoms with van der Waals surface area (Å²) in [7, 11) is 0. The average Bonchev–Trinajstić information content (AvgIpc) is 3.35. The number of fused-ring (bicyclic) bond motifs is 1. The average molecular weight is 560 g/mol. The number of carbonyl (C=O) groups excluding carboxylic acids is 3. The van der Waals surface area contributed by atoms with Gasteiger partial charge in [-0.25, -0.2) is 0 Å². The van der Waals surface area contributed by atoms with Gasteiger partial charge in [-0.3, -0.25) is 14.4 Å². The third kappa shape index (κ3) is 5.38. The Hall–Kier alpha value is -2.19. The van der Waals surface area contributed by atoms with Crippen molar-refractivity contribution in [3.05, 3.63) is 25.3 Å². The zero-order valence-electron chi connectivity index (χ0n) is 26.2. The van der Waals surface area contributed by atoms with E-state index in [1.807, 2.05) is 18.7 Å². The Bertz CT molecular complexity index is 1000. The maximum atomic E-state index is 14.8. The van der Waals surface area contributed by atoms with Crippen molar-refractivity contribution >= 4 is 17.7 Å². The predicted molar refractivity (Wildman–Crippen MR) is 157 cm³/mol. The van der Waals surface area contributed by atoms with Crippen LogP contribution in [0, 0.1) is 23.2 Å². The van der Waals surface area contributed by atoms with Crippen LogP contribution in [0.25, 0.3) is 0 Å². The first-order valence-corrected chi connectivity index (χ1v) is 15.0. The molecule has 0 aromatic carbocycles. The van der Waals surface area contributed by atoms with Crippen LogP contribution in [0.3, 0.4) is 0 Å². The quantitative estimate of drug-likeness (QED) is 0.344. The van der Waals surface area contributed by atoms with E-state index in [1.165, 1.54) is 0 Å². The van der Waals surface area contributed by atoms with E-state index in [1.54, 1.807) is 22.0 Å². The van der Waals surface area contributed by atoms with Gasteiger partial charge in [0.05, 0.1) is 17.4 Å². The van der Waals surface area contributed by atoms with Gasteiger partial charge in [0.1, 0.15) is 11.6 Å². The molecule has 0 aromatic heterocycles. The molecule has 1 spiro atoms. The molecule has 226 valence electrons. The van der Waals surface area contributed by atoms with Crippen LogP contribution in [0.15, 0.2) is 25.3 Å². The number of nitrogens with zero attached hydrogens (tertiary/aromatic N) is 3. The van der Waals surface area contributed by atoms with Crippen LogP contribution in [0.5, 0.6) is 0 Å². The van der Waals surface area contributed by atoms with Gasteiger partial charge in [0.15, 0.2) is 0 Å². The molecule has 0 radical (unpaired) electrons. The highest BCUT2D eigenvalue weighted by atomic mass is 16.5. The largest absolute Gasteiger partial charge is 0.396 e. The molecular weight excluding hydrogens is 506 g/mol. The van der Waals surface area contributed by atoms with Gasteiger partial charge in [-0.15, -0.1) is 13.2 Å². The van der Waals surface area contributed by atoms with Crippen molar-refractivity contribution in [2.24, 2.45) is 23.2 Å². The molecule has 3 rings (SSSR count). The number of likely N-dealkylation sites (tertiary alicyclic amines) is 1. The first kappa shape index (κ1) is 32.3. The lowest BCUT2D eigenvalue weighted by Crippen LogP contribution is -2.61. The van der Waals surface area contributed by atoms with E-state index in [2.05, 4.69) is 54.7 Å². The van der Waals surface area contributed by atoms with Gasteiger partial charge in [-0.1, -0.05) is 46.8 Å². The highest BCUT2D eigenvalue weighted by molar-refractivity contribution is 5.99. The number of carbonyl (C=O) groups is 3. The Balaban J connectivity index is 2.15. The van der Waals surface area contributed by atoms with Crippen LogP contribution in [0.2, 0.25) is 0 Å². The third-order valence-corrected chi connectivity index (χ3v) is 9.30. The summed E-state index contributed by atoms with van der Waals surface area (Å²) in [6, 6.07) is -0.878. The van der Waals surface area contributed by atoms with Crippen molar-refractivity contribution in [3.8, 4) is 0 Å². The van der Waals surface area contributed by atoms with Crippen molar-refractivity contribution in [2.75, 3.05) is 32.8 Å². The summed E-state index contributed by atoms with van der Waals surface area (Å²) in [4.78, 5) is 48.5. The van der Waals surface area contributed by atoms with E-state index >= 15 is 0 Å². The number of amides is 3. The first-order chi connectivity index (χ1) is 18.6. The summed E-state index contributed by atoms with van der Waals surface area (Å²) in [5.41, 5.74) is -2.53. The molecule has 8 nitrogen and oxygen atoms in total. The summed E-state index contributed by atoms with van der Waals surface area (Å²) in [6.07, 6.45) is 5.84. The number of hydrogen-bond acceptors (Lipinski definition) is 5. The van der Waals surface area contributed by atoms with Crippen LogP contribution in [0.1, 0.15) is 81.1 Å². The van der Waals surface area contributed by atoms with E-state index in [4.69, 9.17) is 4.74 Å². The third-order valence-electron chi connectivity index (χ3n) is 9.30. The second-order valence-corrected chi connectivity index (χ2v) is 14.2. The standard InChI is InChI=1S/C32H53N3O5/c1-11-15-33(16-12-2)26(37)23-24-27(38)34(18-14-19-36)25(32(24)20-22(4)31(23,10)40-32)28(39)35(17-13-3)30(8,9)21-29(5,6)7/h11,13,22-25,36H,1,3,12,14-21H2,2,4-10H3/t22?,23-,24+,25?,31+,32?/m1/s1. The fourth-order valence-electron chi connectivity index (χ4n) is 8.09. The number of aliphatic hydroxyl groups is 1. The molecular formula is C32H53N3O5. The fraction of sp³-hybridized carbons (Fsp3) is 0.781. The summed E-state index contributed by atoms with van der Waals surface area (Å²) in [5.74, 6) is -1.98. The van der Waals surface area contributed by atoms with Gasteiger partial charge in [-0.2, -0.15) is 0 Å². The summed E-state index contributed by atoms with van der Waals surface area (Å²) < 4.78 is 6.91. The van der Waals surface area contributed by atoms with Crippen LogP contribution >= 0.6 is 0 Å². The molecule has 8 heteroatoms. The Morgan fingerprint density at radius 2 is 1.77 bits per heavy atom. The molecule has 3 aliphatic rings. The molecule has 6 atom stereocenters. The van der Waals surface area contributed by atoms with Crippen molar-refractivity contribution in [2.45, 2.75) is 104 Å². The molecule has 3 saturated heterocycles. The van der Waals surface area contributed by atoms with E-state index in [0.717, 1.165) is 12.8 Å². The second-order valence-electron chi connectivity index (χ2n) is 14.2. The van der Waals surface area contributed by atoms with Crippen molar-refractivity contribution in [3.63, 3.8) is 0 Å². The summed E-state index contributed by atoms with van der Waals surface area (Å²) in [5, 5.41) is 9.69. The fourth-order valence-corrected chi connectivity index (χ4v) is 8.09. The lowest BCUT2D eigenvalue weighted by molar-refractivity contribution is -0.158. The molecule has 0 saturated carbocycles. The summed E-state index contributed by atoms with van der Waals surface area (Å²) in [6.45, 7) is 25.8. The van der Waals surface area contributed by atoms with E-state index in [-0.39, 0.29) is 42.2 Å². The molecule has 3 unspecified atom stereocenters. The zero-order chi connectivity index (χ0) is 30.3. The molecule has 0 aliphatic carbocycles. The van der Waals surface area contributed by atoms with Crippen molar-refractivity contribution < 1.29 is 24.2 Å². The second kappa shape index (κ2) is 11.6. The molecule has 40 heavy (non-hydrogen) atoms. The minimum atomic E-state index is -1.11.